The zero-order valence-electron chi connectivity index (χ0n) is 9.45. The van der Waals surface area contributed by atoms with Crippen LogP contribution < -0.4 is 0 Å². The molecule has 1 aromatic heterocycles. The molecule has 2 unspecified atom stereocenters. The molecule has 2 atom stereocenters. The van der Waals surface area contributed by atoms with Crippen molar-refractivity contribution in [3.05, 3.63) is 20.8 Å². The first-order valence-electron chi connectivity index (χ1n) is 5.53. The number of aryl methyl sites for hydroxylation is 1. The predicted molar refractivity (Wildman–Crippen MR) is 74.1 cm³/mol. The topological polar surface area (TPSA) is 34.1 Å². The molecular weight excluding hydrogens is 299 g/mol. The van der Waals surface area contributed by atoms with Crippen molar-refractivity contribution in [1.29, 1.82) is 0 Å². The molecule has 1 aliphatic rings. The number of sulfone groups is 1. The van der Waals surface area contributed by atoms with Crippen LogP contribution in [0.2, 0.25) is 4.34 Å². The lowest BCUT2D eigenvalue weighted by Gasteiger charge is -2.25. The minimum absolute atomic E-state index is 0.263. The molecule has 0 radical (unpaired) electrons. The largest absolute Gasteiger partial charge is 0.228 e. The van der Waals surface area contributed by atoms with Gasteiger partial charge in [-0.15, -0.1) is 22.9 Å². The molecule has 17 heavy (non-hydrogen) atoms. The van der Waals surface area contributed by atoms with E-state index < -0.39 is 20.5 Å². The summed E-state index contributed by atoms with van der Waals surface area (Å²) in [7, 11) is -3.04. The highest BCUT2D eigenvalue weighted by Gasteiger charge is 2.36. The van der Waals surface area contributed by atoms with Gasteiger partial charge in [0.25, 0.3) is 0 Å². The maximum absolute atomic E-state index is 12.0. The minimum Gasteiger partial charge on any atom is -0.228 e. The van der Waals surface area contributed by atoms with Gasteiger partial charge in [-0.3, -0.25) is 0 Å². The van der Waals surface area contributed by atoms with E-state index in [-0.39, 0.29) is 5.75 Å². The Morgan fingerprint density at radius 3 is 2.71 bits per heavy atom. The normalized spacial score (nSPS) is 25.7. The third-order valence-corrected chi connectivity index (χ3v) is 7.85. The Balaban J connectivity index is 2.27. The molecule has 0 aliphatic carbocycles. The Bertz CT molecular complexity index is 488. The van der Waals surface area contributed by atoms with Crippen LogP contribution in [0.15, 0.2) is 6.07 Å². The first-order chi connectivity index (χ1) is 7.92. The van der Waals surface area contributed by atoms with Gasteiger partial charge in [-0.05, 0) is 31.4 Å². The van der Waals surface area contributed by atoms with Crippen LogP contribution in [-0.4, -0.2) is 19.4 Å². The Morgan fingerprint density at radius 1 is 1.47 bits per heavy atom. The average molecular weight is 313 g/mol. The van der Waals surface area contributed by atoms with Crippen molar-refractivity contribution >= 4 is 44.4 Å². The molecule has 1 fully saturated rings. The molecule has 0 N–H and O–H groups in total. The number of alkyl halides is 1. The van der Waals surface area contributed by atoms with E-state index in [4.69, 9.17) is 23.2 Å². The van der Waals surface area contributed by atoms with Gasteiger partial charge in [0.2, 0.25) is 0 Å². The summed E-state index contributed by atoms with van der Waals surface area (Å²) in [5.41, 5.74) is 0.963. The van der Waals surface area contributed by atoms with Crippen molar-refractivity contribution in [3.63, 3.8) is 0 Å². The molecule has 2 heterocycles. The van der Waals surface area contributed by atoms with Crippen LogP contribution >= 0.6 is 34.5 Å². The summed E-state index contributed by atoms with van der Waals surface area (Å²) >= 11 is 13.7. The molecule has 0 bridgehead atoms. The van der Waals surface area contributed by atoms with Crippen LogP contribution in [0.25, 0.3) is 0 Å². The second-order valence-corrected chi connectivity index (χ2v) is 8.90. The van der Waals surface area contributed by atoms with Crippen LogP contribution in [0.1, 0.15) is 35.1 Å². The van der Waals surface area contributed by atoms with E-state index in [1.807, 2.05) is 13.0 Å². The molecule has 1 aliphatic heterocycles. The van der Waals surface area contributed by atoms with Gasteiger partial charge >= 0.3 is 0 Å². The molecule has 2 nitrogen and oxygen atoms in total. The third kappa shape index (κ3) is 2.80. The van der Waals surface area contributed by atoms with Crippen LogP contribution in [0.5, 0.6) is 0 Å². The molecule has 6 heteroatoms. The standard InChI is InChI=1S/C11H14Cl2O2S2/c1-7-6-8(16-11(7)13)10(12)9-4-2-3-5-17(9,14)15/h6,9-10H,2-5H2,1H3. The molecule has 2 rings (SSSR count). The number of hydrogen-bond donors (Lipinski definition) is 0. The maximum atomic E-state index is 12.0. The van der Waals surface area contributed by atoms with Crippen LogP contribution in [0.3, 0.4) is 0 Å². The van der Waals surface area contributed by atoms with Gasteiger partial charge in [-0.25, -0.2) is 8.42 Å². The van der Waals surface area contributed by atoms with Gasteiger partial charge in [0.1, 0.15) is 0 Å². The summed E-state index contributed by atoms with van der Waals surface area (Å²) in [4.78, 5) is 0.865. The van der Waals surface area contributed by atoms with Crippen molar-refractivity contribution < 1.29 is 8.42 Å². The lowest BCUT2D eigenvalue weighted by atomic mass is 10.1. The van der Waals surface area contributed by atoms with Gasteiger partial charge in [0.15, 0.2) is 9.84 Å². The quantitative estimate of drug-likeness (QED) is 0.775. The molecule has 1 aromatic rings. The third-order valence-electron chi connectivity index (χ3n) is 3.10. The highest BCUT2D eigenvalue weighted by Crippen LogP contribution is 2.40. The number of thiophene rings is 1. The van der Waals surface area contributed by atoms with Crippen molar-refractivity contribution in [2.45, 2.75) is 36.8 Å². The van der Waals surface area contributed by atoms with E-state index in [9.17, 15) is 8.42 Å². The molecule has 96 valence electrons. The molecule has 0 saturated carbocycles. The van der Waals surface area contributed by atoms with Gasteiger partial charge in [0, 0.05) is 4.88 Å². The smallest absolute Gasteiger partial charge is 0.154 e. The SMILES string of the molecule is Cc1cc(C(Cl)C2CCCCS2(=O)=O)sc1Cl. The Labute approximate surface area is 116 Å². The van der Waals surface area contributed by atoms with Crippen molar-refractivity contribution in [2.75, 3.05) is 5.75 Å². The Hall–Kier alpha value is 0.230. The Morgan fingerprint density at radius 2 is 2.18 bits per heavy atom. The summed E-state index contributed by atoms with van der Waals surface area (Å²) in [6, 6.07) is 1.90. The van der Waals surface area contributed by atoms with Crippen LogP contribution in [-0.2, 0) is 9.84 Å². The maximum Gasteiger partial charge on any atom is 0.154 e. The van der Waals surface area contributed by atoms with Gasteiger partial charge in [0.05, 0.1) is 20.7 Å². The van der Waals surface area contributed by atoms with Gasteiger partial charge < -0.3 is 0 Å². The van der Waals surface area contributed by atoms with Crippen molar-refractivity contribution in [3.8, 4) is 0 Å². The zero-order chi connectivity index (χ0) is 12.6. The van der Waals surface area contributed by atoms with Gasteiger partial charge in [-0.2, -0.15) is 0 Å². The number of halogens is 2. The molecule has 0 spiro atoms. The summed E-state index contributed by atoms with van der Waals surface area (Å²) in [6.07, 6.45) is 2.35. The fourth-order valence-corrected chi connectivity index (χ4v) is 6.20. The molecule has 0 aromatic carbocycles. The second kappa shape index (κ2) is 5.08. The Kier molecular flexibility index (Phi) is 4.08. The van der Waals surface area contributed by atoms with E-state index >= 15 is 0 Å². The van der Waals surface area contributed by atoms with Gasteiger partial charge in [-0.1, -0.05) is 18.0 Å². The van der Waals surface area contributed by atoms with Crippen molar-refractivity contribution in [1.82, 2.24) is 0 Å². The summed E-state index contributed by atoms with van der Waals surface area (Å²) in [5, 5.41) is -0.913. The van der Waals surface area contributed by atoms with Crippen LogP contribution in [0.4, 0.5) is 0 Å². The van der Waals surface area contributed by atoms with E-state index in [0.717, 1.165) is 23.3 Å². The van der Waals surface area contributed by atoms with E-state index in [0.29, 0.717) is 10.8 Å². The highest BCUT2D eigenvalue weighted by molar-refractivity contribution is 7.92. The summed E-state index contributed by atoms with van der Waals surface area (Å²) < 4.78 is 24.6. The highest BCUT2D eigenvalue weighted by atomic mass is 35.5. The van der Waals surface area contributed by atoms with Crippen LogP contribution in [0, 0.1) is 6.92 Å². The molecule has 1 saturated heterocycles. The second-order valence-electron chi connectivity index (χ2n) is 4.41. The number of hydrogen-bond acceptors (Lipinski definition) is 3. The average Bonchev–Trinajstić information content (AvgIpc) is 2.58. The fourth-order valence-electron chi connectivity index (χ4n) is 2.11. The summed E-state index contributed by atoms with van der Waals surface area (Å²) in [6.45, 7) is 1.90. The van der Waals surface area contributed by atoms with E-state index in [1.54, 1.807) is 0 Å². The van der Waals surface area contributed by atoms with E-state index in [1.165, 1.54) is 11.3 Å². The first-order valence-corrected chi connectivity index (χ1v) is 8.88. The minimum atomic E-state index is -3.04. The zero-order valence-corrected chi connectivity index (χ0v) is 12.6. The molecular formula is C11H14Cl2O2S2. The number of rotatable bonds is 2. The molecule has 0 amide bonds. The van der Waals surface area contributed by atoms with E-state index in [2.05, 4.69) is 0 Å². The monoisotopic (exact) mass is 312 g/mol. The fraction of sp³-hybridized carbons (Fsp3) is 0.636. The lowest BCUT2D eigenvalue weighted by Crippen LogP contribution is -2.31. The predicted octanol–water partition coefficient (Wildman–Crippen LogP) is 3.96. The van der Waals surface area contributed by atoms with Crippen molar-refractivity contribution in [2.24, 2.45) is 0 Å². The first kappa shape index (κ1) is 13.7. The lowest BCUT2D eigenvalue weighted by molar-refractivity contribution is 0.535. The summed E-state index contributed by atoms with van der Waals surface area (Å²) in [5.74, 6) is 0.263.